The van der Waals surface area contributed by atoms with Gasteiger partial charge in [0.2, 0.25) is 5.91 Å². The predicted molar refractivity (Wildman–Crippen MR) is 141 cm³/mol. The quantitative estimate of drug-likeness (QED) is 0.583. The number of benzene rings is 1. The minimum Gasteiger partial charge on any atom is -0.444 e. The molecule has 2 atom stereocenters. The molecule has 0 N–H and O–H groups in total. The van der Waals surface area contributed by atoms with Crippen LogP contribution >= 0.6 is 0 Å². The largest absolute Gasteiger partial charge is 0.444 e. The molecule has 0 aromatic heterocycles. The van der Waals surface area contributed by atoms with Crippen molar-refractivity contribution in [1.29, 1.82) is 5.26 Å². The third-order valence-corrected chi connectivity index (χ3v) is 7.07. The molecular weight excluding hydrogens is 468 g/mol. The zero-order valence-electron chi connectivity index (χ0n) is 22.2. The van der Waals surface area contributed by atoms with Crippen LogP contribution in [-0.2, 0) is 14.3 Å². The Morgan fingerprint density at radius 3 is 2.46 bits per heavy atom. The molecule has 1 aromatic carbocycles. The summed E-state index contributed by atoms with van der Waals surface area (Å²) in [6, 6.07) is 12.0. The van der Waals surface area contributed by atoms with E-state index in [1.165, 1.54) is 0 Å². The number of carbonyl (C=O) groups is 2. The minimum atomic E-state index is -0.941. The molecular formula is C29H38N4O4. The Bertz CT molecular complexity index is 1060. The van der Waals surface area contributed by atoms with Crippen molar-refractivity contribution in [3.63, 3.8) is 0 Å². The van der Waals surface area contributed by atoms with Gasteiger partial charge >= 0.3 is 6.09 Å². The van der Waals surface area contributed by atoms with Crippen LogP contribution in [0.3, 0.4) is 0 Å². The molecule has 0 spiro atoms. The van der Waals surface area contributed by atoms with Crippen LogP contribution in [0, 0.1) is 11.3 Å². The SMILES string of the molecule is CC(C)(C)OC(=O)N1CCC[C@@H]1C(=O)N1CCN(CCOC2(C#N)C=CC(c3ccccc3)=CC2)CC1. The molecule has 2 saturated heterocycles. The average Bonchev–Trinajstić information content (AvgIpc) is 3.39. The van der Waals surface area contributed by atoms with Gasteiger partial charge in [-0.15, -0.1) is 0 Å². The fourth-order valence-electron chi connectivity index (χ4n) is 5.01. The number of nitriles is 1. The lowest BCUT2D eigenvalue weighted by Gasteiger charge is -2.37. The number of hydrogen-bond donors (Lipinski definition) is 0. The Hall–Kier alpha value is -3.15. The summed E-state index contributed by atoms with van der Waals surface area (Å²) in [5, 5.41) is 9.81. The van der Waals surface area contributed by atoms with Gasteiger partial charge in [0.25, 0.3) is 0 Å². The van der Waals surface area contributed by atoms with Gasteiger partial charge in [-0.05, 0) is 50.8 Å². The van der Waals surface area contributed by atoms with Gasteiger partial charge in [-0.25, -0.2) is 4.79 Å². The second-order valence-electron chi connectivity index (χ2n) is 10.9. The van der Waals surface area contributed by atoms with Crippen molar-refractivity contribution in [2.24, 2.45) is 0 Å². The summed E-state index contributed by atoms with van der Waals surface area (Å²) in [5.41, 5.74) is 0.704. The Labute approximate surface area is 220 Å². The third-order valence-electron chi connectivity index (χ3n) is 7.07. The summed E-state index contributed by atoms with van der Waals surface area (Å²) in [4.78, 5) is 31.5. The molecule has 3 aliphatic rings. The van der Waals surface area contributed by atoms with Gasteiger partial charge in [0.15, 0.2) is 5.60 Å². The highest BCUT2D eigenvalue weighted by molar-refractivity contribution is 5.86. The van der Waals surface area contributed by atoms with Crippen LogP contribution in [0.1, 0.15) is 45.6 Å². The van der Waals surface area contributed by atoms with Crippen molar-refractivity contribution >= 4 is 17.6 Å². The monoisotopic (exact) mass is 506 g/mol. The first kappa shape index (κ1) is 26.9. The van der Waals surface area contributed by atoms with Gasteiger partial charge in [0.1, 0.15) is 17.7 Å². The van der Waals surface area contributed by atoms with E-state index in [4.69, 9.17) is 9.47 Å². The number of amides is 2. The van der Waals surface area contributed by atoms with E-state index in [0.29, 0.717) is 45.6 Å². The average molecular weight is 507 g/mol. The van der Waals surface area contributed by atoms with E-state index >= 15 is 0 Å². The molecule has 2 aliphatic heterocycles. The highest BCUT2D eigenvalue weighted by Gasteiger charge is 2.39. The Morgan fingerprint density at radius 2 is 1.84 bits per heavy atom. The van der Waals surface area contributed by atoms with Crippen molar-refractivity contribution in [3.8, 4) is 6.07 Å². The van der Waals surface area contributed by atoms with E-state index < -0.39 is 23.3 Å². The fourth-order valence-corrected chi connectivity index (χ4v) is 5.01. The number of rotatable bonds is 6. The number of ether oxygens (including phenoxy) is 2. The summed E-state index contributed by atoms with van der Waals surface area (Å²) >= 11 is 0. The first-order valence-electron chi connectivity index (χ1n) is 13.2. The van der Waals surface area contributed by atoms with Crippen molar-refractivity contribution < 1.29 is 19.1 Å². The molecule has 2 fully saturated rings. The summed E-state index contributed by atoms with van der Waals surface area (Å²) in [6.07, 6.45) is 7.49. The summed E-state index contributed by atoms with van der Waals surface area (Å²) in [6.45, 7) is 9.90. The maximum atomic E-state index is 13.2. The number of allylic oxidation sites excluding steroid dienone is 2. The number of carbonyl (C=O) groups excluding carboxylic acids is 2. The maximum Gasteiger partial charge on any atom is 0.410 e. The lowest BCUT2D eigenvalue weighted by molar-refractivity contribution is -0.137. The molecule has 198 valence electrons. The van der Waals surface area contributed by atoms with Crippen molar-refractivity contribution in [2.75, 3.05) is 45.9 Å². The van der Waals surface area contributed by atoms with Crippen LogP contribution in [0.4, 0.5) is 4.79 Å². The van der Waals surface area contributed by atoms with E-state index in [1.807, 2.05) is 56.0 Å². The smallest absolute Gasteiger partial charge is 0.410 e. The Balaban J connectivity index is 1.22. The van der Waals surface area contributed by atoms with Crippen molar-refractivity contribution in [1.82, 2.24) is 14.7 Å². The van der Waals surface area contributed by atoms with Crippen molar-refractivity contribution in [3.05, 3.63) is 54.1 Å². The van der Waals surface area contributed by atoms with E-state index in [9.17, 15) is 14.9 Å². The van der Waals surface area contributed by atoms with E-state index in [2.05, 4.69) is 29.2 Å². The molecule has 1 aromatic rings. The lowest BCUT2D eigenvalue weighted by atomic mass is 9.90. The number of likely N-dealkylation sites (tertiary alicyclic amines) is 1. The Kier molecular flexibility index (Phi) is 8.35. The van der Waals surface area contributed by atoms with Crippen molar-refractivity contribution in [2.45, 2.75) is 57.3 Å². The molecule has 0 saturated carbocycles. The van der Waals surface area contributed by atoms with Gasteiger partial charge in [-0.1, -0.05) is 42.5 Å². The van der Waals surface area contributed by atoms with Crippen LogP contribution in [-0.4, -0.2) is 89.8 Å². The molecule has 1 unspecified atom stereocenters. The van der Waals surface area contributed by atoms with Gasteiger partial charge in [-0.2, -0.15) is 5.26 Å². The molecule has 37 heavy (non-hydrogen) atoms. The highest BCUT2D eigenvalue weighted by atomic mass is 16.6. The molecule has 4 rings (SSSR count). The van der Waals surface area contributed by atoms with Gasteiger partial charge < -0.3 is 14.4 Å². The first-order valence-corrected chi connectivity index (χ1v) is 13.2. The maximum absolute atomic E-state index is 13.2. The third kappa shape index (κ3) is 6.79. The summed E-state index contributed by atoms with van der Waals surface area (Å²) in [5.74, 6) is 0.0102. The number of piperazine rings is 1. The second kappa shape index (κ2) is 11.5. The lowest BCUT2D eigenvalue weighted by Crippen LogP contribution is -2.55. The second-order valence-corrected chi connectivity index (χ2v) is 10.9. The molecule has 0 radical (unpaired) electrons. The highest BCUT2D eigenvalue weighted by Crippen LogP contribution is 2.29. The standard InChI is InChI=1S/C29H38N4O4/c1-28(2,3)37-27(35)33-15-7-10-25(33)26(34)32-18-16-31(17-19-32)20-21-36-29(22-30)13-11-24(12-14-29)23-8-5-4-6-9-23/h4-6,8-9,11-13,25H,7,10,14-21H2,1-3H3/t25-,29?/m1/s1. The van der Waals surface area contributed by atoms with Crippen LogP contribution in [0.2, 0.25) is 0 Å². The molecule has 8 nitrogen and oxygen atoms in total. The molecule has 2 amide bonds. The number of hydrogen-bond acceptors (Lipinski definition) is 6. The topological polar surface area (TPSA) is 86.1 Å². The normalized spacial score (nSPS) is 24.5. The molecule has 1 aliphatic carbocycles. The summed E-state index contributed by atoms with van der Waals surface area (Å²) in [7, 11) is 0. The van der Waals surface area contributed by atoms with Crippen LogP contribution in [0.25, 0.3) is 5.57 Å². The molecule has 0 bridgehead atoms. The first-order chi connectivity index (χ1) is 17.7. The fraction of sp³-hybridized carbons (Fsp3) is 0.552. The molecule has 2 heterocycles. The van der Waals surface area contributed by atoms with Gasteiger partial charge in [0, 0.05) is 45.7 Å². The van der Waals surface area contributed by atoms with Crippen LogP contribution < -0.4 is 0 Å². The van der Waals surface area contributed by atoms with Gasteiger partial charge in [-0.3, -0.25) is 14.6 Å². The van der Waals surface area contributed by atoms with E-state index in [-0.39, 0.29) is 5.91 Å². The van der Waals surface area contributed by atoms with E-state index in [1.54, 1.807) is 4.90 Å². The zero-order valence-corrected chi connectivity index (χ0v) is 22.2. The van der Waals surface area contributed by atoms with Crippen LogP contribution in [0.5, 0.6) is 0 Å². The van der Waals surface area contributed by atoms with E-state index in [0.717, 1.165) is 30.6 Å². The summed E-state index contributed by atoms with van der Waals surface area (Å²) < 4.78 is 11.6. The minimum absolute atomic E-state index is 0.0102. The zero-order chi connectivity index (χ0) is 26.5. The Morgan fingerprint density at radius 1 is 1.11 bits per heavy atom. The molecule has 8 heteroatoms. The van der Waals surface area contributed by atoms with Crippen LogP contribution in [0.15, 0.2) is 48.6 Å². The predicted octanol–water partition coefficient (Wildman–Crippen LogP) is 3.85. The van der Waals surface area contributed by atoms with Gasteiger partial charge in [0.05, 0.1) is 6.61 Å². The number of nitrogens with zero attached hydrogens (tertiary/aromatic N) is 4.